The van der Waals surface area contributed by atoms with Crippen LogP contribution < -0.4 is 0 Å². The van der Waals surface area contributed by atoms with Crippen LogP contribution in [-0.2, 0) is 0 Å². The van der Waals surface area contributed by atoms with Crippen LogP contribution in [0.25, 0.3) is 16.7 Å². The van der Waals surface area contributed by atoms with E-state index in [1.165, 1.54) is 0 Å². The van der Waals surface area contributed by atoms with Gasteiger partial charge in [-0.05, 0) is 44.0 Å². The second kappa shape index (κ2) is 6.23. The van der Waals surface area contributed by atoms with Crippen molar-refractivity contribution < 1.29 is 4.79 Å². The lowest BCUT2D eigenvalue weighted by Gasteiger charge is -2.31. The summed E-state index contributed by atoms with van der Waals surface area (Å²) in [6.07, 6.45) is 3.92. The van der Waals surface area contributed by atoms with Crippen LogP contribution in [0, 0.1) is 6.92 Å². The topological polar surface area (TPSA) is 66.3 Å². The summed E-state index contributed by atoms with van der Waals surface area (Å²) in [5, 5.41) is 0. The van der Waals surface area contributed by atoms with Crippen LogP contribution in [-0.4, -0.2) is 43.2 Å². The highest BCUT2D eigenvalue weighted by atomic mass is 16.2. The highest BCUT2D eigenvalue weighted by Crippen LogP contribution is 2.28. The molecule has 6 heteroatoms. The molecule has 1 atom stereocenters. The lowest BCUT2D eigenvalue weighted by molar-refractivity contribution is 0.0697. The van der Waals surface area contributed by atoms with Gasteiger partial charge in [0.1, 0.15) is 17.2 Å². The summed E-state index contributed by atoms with van der Waals surface area (Å²) in [5.74, 6) is 1.25. The van der Waals surface area contributed by atoms with Crippen molar-refractivity contribution in [2.45, 2.75) is 25.7 Å². The van der Waals surface area contributed by atoms with Crippen LogP contribution >= 0.6 is 0 Å². The van der Waals surface area contributed by atoms with Gasteiger partial charge in [-0.2, -0.15) is 0 Å². The zero-order valence-corrected chi connectivity index (χ0v) is 15.2. The van der Waals surface area contributed by atoms with Crippen molar-refractivity contribution in [2.75, 3.05) is 13.1 Å². The third-order valence-electron chi connectivity index (χ3n) is 5.41. The van der Waals surface area contributed by atoms with Crippen LogP contribution in [0.3, 0.4) is 0 Å². The molecule has 5 rings (SSSR count). The summed E-state index contributed by atoms with van der Waals surface area (Å²) in [4.78, 5) is 27.9. The SMILES string of the molecule is Cc1nc2ccccn2c1C(=O)N1CCCC(c2nc3ccccc3[nH]2)C1. The maximum atomic E-state index is 13.3. The number of benzene rings is 1. The maximum absolute atomic E-state index is 13.3. The molecule has 0 aliphatic carbocycles. The van der Waals surface area contributed by atoms with Crippen molar-refractivity contribution in [3.8, 4) is 0 Å². The minimum Gasteiger partial charge on any atom is -0.342 e. The number of hydrogen-bond acceptors (Lipinski definition) is 3. The van der Waals surface area contributed by atoms with E-state index in [0.29, 0.717) is 12.2 Å². The Hall–Kier alpha value is -3.15. The van der Waals surface area contributed by atoms with Crippen molar-refractivity contribution in [1.29, 1.82) is 0 Å². The van der Waals surface area contributed by atoms with E-state index < -0.39 is 0 Å². The van der Waals surface area contributed by atoms with Gasteiger partial charge in [-0.3, -0.25) is 9.20 Å². The van der Waals surface area contributed by atoms with E-state index in [1.807, 2.05) is 64.9 Å². The first kappa shape index (κ1) is 16.1. The van der Waals surface area contributed by atoms with E-state index in [-0.39, 0.29) is 11.8 Å². The molecule has 4 aromatic rings. The molecule has 1 amide bonds. The molecule has 136 valence electrons. The standard InChI is InChI=1S/C21H21N5O/c1-14-19(26-12-5-4-10-18(26)22-14)21(27)25-11-6-7-15(13-25)20-23-16-8-2-3-9-17(16)24-20/h2-5,8-10,12,15H,6-7,11,13H2,1H3,(H,23,24). The average molecular weight is 359 g/mol. The summed E-state index contributed by atoms with van der Waals surface area (Å²) >= 11 is 0. The average Bonchev–Trinajstić information content (AvgIpc) is 3.27. The Morgan fingerprint density at radius 1 is 1.15 bits per heavy atom. The number of nitrogens with zero attached hydrogens (tertiary/aromatic N) is 4. The molecular formula is C21H21N5O. The van der Waals surface area contributed by atoms with Crippen molar-refractivity contribution in [2.24, 2.45) is 0 Å². The summed E-state index contributed by atoms with van der Waals surface area (Å²) in [7, 11) is 0. The zero-order chi connectivity index (χ0) is 18.4. The molecule has 1 aliphatic heterocycles. The number of amides is 1. The van der Waals surface area contributed by atoms with Crippen LogP contribution in [0.5, 0.6) is 0 Å². The van der Waals surface area contributed by atoms with Gasteiger partial charge in [0.25, 0.3) is 5.91 Å². The maximum Gasteiger partial charge on any atom is 0.272 e. The number of piperidine rings is 1. The van der Waals surface area contributed by atoms with E-state index >= 15 is 0 Å². The number of H-pyrrole nitrogens is 1. The van der Waals surface area contributed by atoms with Gasteiger partial charge in [0.15, 0.2) is 0 Å². The Kier molecular flexibility index (Phi) is 3.70. The molecule has 1 N–H and O–H groups in total. The molecular weight excluding hydrogens is 338 g/mol. The minimum atomic E-state index is 0.0482. The lowest BCUT2D eigenvalue weighted by atomic mass is 9.97. The summed E-state index contributed by atoms with van der Waals surface area (Å²) < 4.78 is 1.89. The quantitative estimate of drug-likeness (QED) is 0.595. The number of rotatable bonds is 2. The van der Waals surface area contributed by atoms with Crippen LogP contribution in [0.4, 0.5) is 0 Å². The van der Waals surface area contributed by atoms with E-state index in [2.05, 4.69) is 9.97 Å². The Bertz CT molecular complexity index is 1110. The molecule has 0 radical (unpaired) electrons. The van der Waals surface area contributed by atoms with Gasteiger partial charge < -0.3 is 9.88 Å². The Morgan fingerprint density at radius 2 is 2.00 bits per heavy atom. The number of imidazole rings is 2. The Labute approximate surface area is 156 Å². The number of carbonyl (C=O) groups is 1. The molecule has 1 unspecified atom stereocenters. The fraction of sp³-hybridized carbons (Fsp3) is 0.286. The molecule has 1 saturated heterocycles. The second-order valence-electron chi connectivity index (χ2n) is 7.20. The highest BCUT2D eigenvalue weighted by Gasteiger charge is 2.29. The number of nitrogens with one attached hydrogen (secondary N) is 1. The van der Waals surface area contributed by atoms with E-state index in [4.69, 9.17) is 4.98 Å². The third-order valence-corrected chi connectivity index (χ3v) is 5.41. The van der Waals surface area contributed by atoms with Crippen molar-refractivity contribution in [3.05, 3.63) is 65.9 Å². The number of likely N-dealkylation sites (tertiary alicyclic amines) is 1. The summed E-state index contributed by atoms with van der Waals surface area (Å²) in [5.41, 5.74) is 4.28. The first-order valence-corrected chi connectivity index (χ1v) is 9.38. The number of pyridine rings is 1. The van der Waals surface area contributed by atoms with Gasteiger partial charge in [-0.15, -0.1) is 0 Å². The number of fused-ring (bicyclic) bond motifs is 2. The number of aromatic amines is 1. The molecule has 1 fully saturated rings. The monoisotopic (exact) mass is 359 g/mol. The number of aromatic nitrogens is 4. The molecule has 1 aliphatic rings. The molecule has 27 heavy (non-hydrogen) atoms. The van der Waals surface area contributed by atoms with Crippen molar-refractivity contribution in [3.63, 3.8) is 0 Å². The molecule has 0 spiro atoms. The Balaban J connectivity index is 1.45. The largest absolute Gasteiger partial charge is 0.342 e. The minimum absolute atomic E-state index is 0.0482. The van der Waals surface area contributed by atoms with Crippen LogP contribution in [0.15, 0.2) is 48.7 Å². The van der Waals surface area contributed by atoms with Crippen molar-refractivity contribution >= 4 is 22.6 Å². The zero-order valence-electron chi connectivity index (χ0n) is 15.2. The van der Waals surface area contributed by atoms with Gasteiger partial charge >= 0.3 is 0 Å². The number of para-hydroxylation sites is 2. The van der Waals surface area contributed by atoms with Crippen LogP contribution in [0.1, 0.15) is 40.8 Å². The summed E-state index contributed by atoms with van der Waals surface area (Å²) in [6.45, 7) is 3.36. The molecule has 0 saturated carbocycles. The van der Waals surface area contributed by atoms with E-state index in [0.717, 1.165) is 47.6 Å². The normalized spacial score (nSPS) is 17.7. The molecule has 0 bridgehead atoms. The fourth-order valence-corrected chi connectivity index (χ4v) is 4.07. The smallest absolute Gasteiger partial charge is 0.272 e. The predicted molar refractivity (Wildman–Crippen MR) is 104 cm³/mol. The molecule has 4 heterocycles. The first-order valence-electron chi connectivity index (χ1n) is 9.38. The lowest BCUT2D eigenvalue weighted by Crippen LogP contribution is -2.40. The van der Waals surface area contributed by atoms with Gasteiger partial charge in [-0.25, -0.2) is 9.97 Å². The Morgan fingerprint density at radius 3 is 2.89 bits per heavy atom. The molecule has 6 nitrogen and oxygen atoms in total. The van der Waals surface area contributed by atoms with E-state index in [9.17, 15) is 4.79 Å². The second-order valence-corrected chi connectivity index (χ2v) is 7.20. The highest BCUT2D eigenvalue weighted by molar-refractivity contribution is 5.94. The van der Waals surface area contributed by atoms with Gasteiger partial charge in [-0.1, -0.05) is 18.2 Å². The molecule has 1 aromatic carbocycles. The number of hydrogen-bond donors (Lipinski definition) is 1. The number of carbonyl (C=O) groups excluding carboxylic acids is 1. The molecule has 3 aromatic heterocycles. The van der Waals surface area contributed by atoms with E-state index in [1.54, 1.807) is 0 Å². The first-order chi connectivity index (χ1) is 13.2. The van der Waals surface area contributed by atoms with Crippen LogP contribution in [0.2, 0.25) is 0 Å². The fourth-order valence-electron chi connectivity index (χ4n) is 4.07. The van der Waals surface area contributed by atoms with Crippen molar-refractivity contribution in [1.82, 2.24) is 24.3 Å². The summed E-state index contributed by atoms with van der Waals surface area (Å²) in [6, 6.07) is 13.9. The van der Waals surface area contributed by atoms with Gasteiger partial charge in [0, 0.05) is 25.2 Å². The third kappa shape index (κ3) is 2.68. The van der Waals surface area contributed by atoms with Gasteiger partial charge in [0.2, 0.25) is 0 Å². The van der Waals surface area contributed by atoms with Gasteiger partial charge in [0.05, 0.1) is 16.7 Å². The predicted octanol–water partition coefficient (Wildman–Crippen LogP) is 3.54. The number of aryl methyl sites for hydroxylation is 1.